The zero-order chi connectivity index (χ0) is 12.6. The molecule has 2 aliphatic rings. The number of amides is 2. The Kier molecular flexibility index (Phi) is 3.09. The van der Waals surface area contributed by atoms with Gasteiger partial charge in [0.05, 0.1) is 25.8 Å². The van der Waals surface area contributed by atoms with Gasteiger partial charge >= 0.3 is 11.8 Å². The van der Waals surface area contributed by atoms with Crippen LogP contribution in [0.4, 0.5) is 0 Å². The summed E-state index contributed by atoms with van der Waals surface area (Å²) in [5.74, 6) is -1.31. The van der Waals surface area contributed by atoms with Gasteiger partial charge in [0, 0.05) is 0 Å². The monoisotopic (exact) mass is 242 g/mol. The van der Waals surface area contributed by atoms with Gasteiger partial charge in [-0.15, -0.1) is 0 Å². The topological polar surface area (TPSA) is 59.1 Å². The van der Waals surface area contributed by atoms with E-state index in [9.17, 15) is 9.59 Å². The highest BCUT2D eigenvalue weighted by Crippen LogP contribution is 2.39. The van der Waals surface area contributed by atoms with E-state index in [0.717, 1.165) is 25.7 Å². The van der Waals surface area contributed by atoms with Crippen LogP contribution in [-0.2, 0) is 19.3 Å². The molecule has 0 spiro atoms. The first-order valence-electron chi connectivity index (χ1n) is 5.82. The molecule has 0 radical (unpaired) electrons. The van der Waals surface area contributed by atoms with E-state index in [0.29, 0.717) is 0 Å². The summed E-state index contributed by atoms with van der Waals surface area (Å²) in [7, 11) is 2.84. The minimum absolute atomic E-state index is 0.133. The highest BCUT2D eigenvalue weighted by Gasteiger charge is 2.55. The molecule has 17 heavy (non-hydrogen) atoms. The zero-order valence-corrected chi connectivity index (χ0v) is 10.4. The van der Waals surface area contributed by atoms with E-state index in [2.05, 4.69) is 0 Å². The predicted molar refractivity (Wildman–Crippen MR) is 58.4 cm³/mol. The Morgan fingerprint density at radius 2 is 1.88 bits per heavy atom. The number of nitrogens with zero attached hydrogens (tertiary/aromatic N) is 2. The first-order chi connectivity index (χ1) is 8.06. The summed E-state index contributed by atoms with van der Waals surface area (Å²) >= 11 is 0. The highest BCUT2D eigenvalue weighted by atomic mass is 16.7. The fourth-order valence-corrected chi connectivity index (χ4v) is 2.96. The number of fused-ring (bicyclic) bond motifs is 1. The lowest BCUT2D eigenvalue weighted by Gasteiger charge is -2.53. The maximum Gasteiger partial charge on any atom is 0.338 e. The molecule has 0 aromatic rings. The van der Waals surface area contributed by atoms with Crippen LogP contribution in [0.25, 0.3) is 0 Å². The van der Waals surface area contributed by atoms with Crippen molar-refractivity contribution in [1.29, 1.82) is 0 Å². The highest BCUT2D eigenvalue weighted by molar-refractivity contribution is 6.35. The van der Waals surface area contributed by atoms with Crippen molar-refractivity contribution in [2.24, 2.45) is 0 Å². The molecule has 0 aromatic carbocycles. The lowest BCUT2D eigenvalue weighted by molar-refractivity contribution is -0.274. The van der Waals surface area contributed by atoms with Gasteiger partial charge in [-0.2, -0.15) is 0 Å². The molecule has 2 atom stereocenters. The Morgan fingerprint density at radius 3 is 2.47 bits per heavy atom. The van der Waals surface area contributed by atoms with Gasteiger partial charge in [-0.05, 0) is 19.8 Å². The molecule has 0 aromatic heterocycles. The Morgan fingerprint density at radius 1 is 1.18 bits per heavy atom. The normalized spacial score (nSPS) is 33.9. The molecule has 2 amide bonds. The Balaban J connectivity index is 2.40. The first kappa shape index (κ1) is 12.3. The van der Waals surface area contributed by atoms with Crippen molar-refractivity contribution in [3.8, 4) is 0 Å². The minimum atomic E-state index is -0.657. The van der Waals surface area contributed by atoms with E-state index in [1.165, 1.54) is 24.3 Å². The van der Waals surface area contributed by atoms with E-state index in [1.807, 2.05) is 6.92 Å². The molecule has 6 heteroatoms. The quantitative estimate of drug-likeness (QED) is 0.661. The third kappa shape index (κ3) is 1.63. The van der Waals surface area contributed by atoms with Crippen molar-refractivity contribution in [2.75, 3.05) is 14.2 Å². The molecule has 0 unspecified atom stereocenters. The number of carbonyl (C=O) groups excluding carboxylic acids is 2. The minimum Gasteiger partial charge on any atom is -0.273 e. The van der Waals surface area contributed by atoms with Crippen LogP contribution in [0.3, 0.4) is 0 Å². The number of hydroxylamine groups is 4. The second-order valence-electron chi connectivity index (χ2n) is 4.71. The average Bonchev–Trinajstić information content (AvgIpc) is 2.31. The van der Waals surface area contributed by atoms with Gasteiger partial charge in [-0.1, -0.05) is 12.8 Å². The van der Waals surface area contributed by atoms with Gasteiger partial charge in [-0.3, -0.25) is 19.3 Å². The Labute approximate surface area is 100 Å². The Hall–Kier alpha value is -1.14. The fourth-order valence-electron chi connectivity index (χ4n) is 2.96. The molecule has 2 rings (SSSR count). The van der Waals surface area contributed by atoms with Crippen molar-refractivity contribution < 1.29 is 19.3 Å². The van der Waals surface area contributed by atoms with Crippen LogP contribution in [0.1, 0.15) is 32.6 Å². The maximum atomic E-state index is 11.9. The molecule has 1 aliphatic carbocycles. The van der Waals surface area contributed by atoms with Crippen molar-refractivity contribution in [3.63, 3.8) is 0 Å². The summed E-state index contributed by atoms with van der Waals surface area (Å²) in [4.78, 5) is 34.0. The van der Waals surface area contributed by atoms with Crippen LogP contribution in [0.2, 0.25) is 0 Å². The van der Waals surface area contributed by atoms with Gasteiger partial charge in [0.1, 0.15) is 0 Å². The summed E-state index contributed by atoms with van der Waals surface area (Å²) < 4.78 is 0. The zero-order valence-electron chi connectivity index (χ0n) is 10.4. The predicted octanol–water partition coefficient (Wildman–Crippen LogP) is 0.481. The standard InChI is InChI=1S/C11H18N2O4/c1-11-7-5-4-6-8(11)12(16-2)9(14)10(15)13(11)17-3/h8H,4-7H2,1-3H3/t8-,11-/m1/s1. The van der Waals surface area contributed by atoms with Crippen LogP contribution in [0.15, 0.2) is 0 Å². The number of carbonyl (C=O) groups is 2. The van der Waals surface area contributed by atoms with Gasteiger partial charge in [0.2, 0.25) is 0 Å². The van der Waals surface area contributed by atoms with E-state index in [4.69, 9.17) is 9.68 Å². The molecule has 0 N–H and O–H groups in total. The summed E-state index contributed by atoms with van der Waals surface area (Å²) in [6, 6.07) is -0.133. The molecular formula is C11H18N2O4. The van der Waals surface area contributed by atoms with Gasteiger partial charge in [-0.25, -0.2) is 10.1 Å². The number of hydrogen-bond acceptors (Lipinski definition) is 4. The molecule has 96 valence electrons. The largest absolute Gasteiger partial charge is 0.338 e. The number of rotatable bonds is 2. The van der Waals surface area contributed by atoms with Crippen LogP contribution in [0.5, 0.6) is 0 Å². The van der Waals surface area contributed by atoms with Gasteiger partial charge in [0.25, 0.3) is 0 Å². The summed E-state index contributed by atoms with van der Waals surface area (Å²) in [6.07, 6.45) is 3.68. The van der Waals surface area contributed by atoms with Crippen LogP contribution in [0, 0.1) is 0 Å². The third-order valence-electron chi connectivity index (χ3n) is 3.82. The van der Waals surface area contributed by atoms with Gasteiger partial charge in [0.15, 0.2) is 0 Å². The van der Waals surface area contributed by atoms with E-state index in [-0.39, 0.29) is 6.04 Å². The third-order valence-corrected chi connectivity index (χ3v) is 3.82. The average molecular weight is 242 g/mol. The van der Waals surface area contributed by atoms with Crippen LogP contribution < -0.4 is 0 Å². The Bertz CT molecular complexity index is 346. The smallest absolute Gasteiger partial charge is 0.273 e. The number of hydrogen-bond donors (Lipinski definition) is 0. The summed E-state index contributed by atoms with van der Waals surface area (Å²) in [5.41, 5.74) is -0.492. The second kappa shape index (κ2) is 4.27. The van der Waals surface area contributed by atoms with Crippen molar-refractivity contribution in [1.82, 2.24) is 10.1 Å². The van der Waals surface area contributed by atoms with Gasteiger partial charge < -0.3 is 0 Å². The fraction of sp³-hybridized carbons (Fsp3) is 0.818. The first-order valence-corrected chi connectivity index (χ1v) is 5.82. The van der Waals surface area contributed by atoms with Crippen molar-refractivity contribution in [2.45, 2.75) is 44.2 Å². The molecule has 0 bridgehead atoms. The maximum absolute atomic E-state index is 11.9. The second-order valence-corrected chi connectivity index (χ2v) is 4.71. The molecule has 1 heterocycles. The van der Waals surface area contributed by atoms with E-state index in [1.54, 1.807) is 0 Å². The van der Waals surface area contributed by atoms with Crippen molar-refractivity contribution in [3.05, 3.63) is 0 Å². The molecule has 6 nitrogen and oxygen atoms in total. The molecule has 1 aliphatic heterocycles. The lowest BCUT2D eigenvalue weighted by atomic mass is 9.76. The van der Waals surface area contributed by atoms with Crippen LogP contribution in [-0.4, -0.2) is 47.7 Å². The summed E-state index contributed by atoms with van der Waals surface area (Å²) in [5, 5.41) is 2.42. The number of piperazine rings is 1. The van der Waals surface area contributed by atoms with E-state index >= 15 is 0 Å². The molecular weight excluding hydrogens is 224 g/mol. The molecule has 1 saturated heterocycles. The van der Waals surface area contributed by atoms with Crippen LogP contribution >= 0.6 is 0 Å². The van der Waals surface area contributed by atoms with Crippen molar-refractivity contribution >= 4 is 11.8 Å². The SMILES string of the molecule is CON1C(=O)C(=O)N(OC)[C@]2(C)CCCC[C@@H]12. The molecule has 1 saturated carbocycles. The molecule has 2 fully saturated rings. The lowest BCUT2D eigenvalue weighted by Crippen LogP contribution is -2.71. The summed E-state index contributed by atoms with van der Waals surface area (Å²) in [6.45, 7) is 1.94. The van der Waals surface area contributed by atoms with E-state index < -0.39 is 17.4 Å².